The van der Waals surface area contributed by atoms with Gasteiger partial charge in [-0.15, -0.1) is 22.7 Å². The summed E-state index contributed by atoms with van der Waals surface area (Å²) < 4.78 is 0. The van der Waals surface area contributed by atoms with Crippen molar-refractivity contribution in [2.45, 2.75) is 65.2 Å². The molecular weight excluding hydrogens is 561 g/mol. The number of aromatic nitrogens is 2. The van der Waals surface area contributed by atoms with Crippen LogP contribution in [-0.2, 0) is 9.59 Å². The Labute approximate surface area is 255 Å². The van der Waals surface area contributed by atoms with Gasteiger partial charge in [-0.25, -0.2) is 9.97 Å². The molecule has 0 aliphatic carbocycles. The van der Waals surface area contributed by atoms with Crippen LogP contribution in [-0.4, -0.2) is 34.9 Å². The maximum absolute atomic E-state index is 14.3. The molecule has 8 heteroatoms. The van der Waals surface area contributed by atoms with Crippen LogP contribution in [0.5, 0.6) is 0 Å². The third-order valence-electron chi connectivity index (χ3n) is 7.99. The van der Waals surface area contributed by atoms with Gasteiger partial charge in [0.2, 0.25) is 0 Å². The van der Waals surface area contributed by atoms with E-state index in [-0.39, 0.29) is 11.8 Å². The van der Waals surface area contributed by atoms with Gasteiger partial charge in [-0.3, -0.25) is 19.4 Å². The minimum absolute atomic E-state index is 0.137. The number of carbonyl (C=O) groups excluding carboxylic acids is 2. The van der Waals surface area contributed by atoms with E-state index in [0.29, 0.717) is 35.9 Å². The Hall–Kier alpha value is -3.62. The molecule has 2 aliphatic rings. The Balaban J connectivity index is 1.46. The summed E-state index contributed by atoms with van der Waals surface area (Å²) in [6.45, 7) is 5.53. The molecule has 0 bridgehead atoms. The Morgan fingerprint density at radius 1 is 0.595 bits per heavy atom. The molecule has 216 valence electrons. The number of carbonyl (C=O) groups is 2. The lowest BCUT2D eigenvalue weighted by Crippen LogP contribution is -2.30. The second-order valence-electron chi connectivity index (χ2n) is 10.9. The topological polar surface area (TPSA) is 66.4 Å². The molecule has 6 rings (SSSR count). The van der Waals surface area contributed by atoms with Gasteiger partial charge in [-0.2, -0.15) is 0 Å². The summed E-state index contributed by atoms with van der Waals surface area (Å²) in [4.78, 5) is 44.3. The number of hydrogen-bond donors (Lipinski definition) is 0. The second kappa shape index (κ2) is 12.7. The van der Waals surface area contributed by atoms with E-state index in [1.807, 2.05) is 59.3 Å². The van der Waals surface area contributed by atoms with Crippen molar-refractivity contribution in [2.75, 3.05) is 22.9 Å². The second-order valence-corrected chi connectivity index (χ2v) is 12.8. The number of anilines is 2. The summed E-state index contributed by atoms with van der Waals surface area (Å²) in [6, 6.07) is 16.0. The first-order valence-electron chi connectivity index (χ1n) is 15.1. The van der Waals surface area contributed by atoms with Gasteiger partial charge in [0, 0.05) is 24.2 Å². The zero-order chi connectivity index (χ0) is 29.1. The van der Waals surface area contributed by atoms with Crippen molar-refractivity contribution in [3.8, 4) is 21.1 Å². The van der Waals surface area contributed by atoms with Crippen molar-refractivity contribution in [1.29, 1.82) is 0 Å². The van der Waals surface area contributed by atoms with Gasteiger partial charge in [-0.05, 0) is 60.0 Å². The molecular formula is C34H36N4O2S2. The molecule has 2 aliphatic heterocycles. The van der Waals surface area contributed by atoms with Crippen LogP contribution in [0.15, 0.2) is 59.3 Å². The van der Waals surface area contributed by atoms with Crippen LogP contribution in [0.4, 0.5) is 11.6 Å². The van der Waals surface area contributed by atoms with E-state index in [4.69, 9.17) is 9.97 Å². The highest BCUT2D eigenvalue weighted by Gasteiger charge is 2.43. The molecule has 0 unspecified atom stereocenters. The molecule has 0 aromatic carbocycles. The molecule has 6 nitrogen and oxygen atoms in total. The summed E-state index contributed by atoms with van der Waals surface area (Å²) in [5, 5.41) is 4.07. The highest BCUT2D eigenvalue weighted by molar-refractivity contribution is 7.13. The van der Waals surface area contributed by atoms with Gasteiger partial charge in [-0.1, -0.05) is 64.5 Å². The van der Waals surface area contributed by atoms with Crippen LogP contribution in [0.2, 0.25) is 0 Å². The number of rotatable bonds is 12. The molecule has 0 radical (unpaired) electrons. The normalized spacial score (nSPS) is 16.0. The van der Waals surface area contributed by atoms with Crippen molar-refractivity contribution in [3.05, 3.63) is 70.4 Å². The Bertz CT molecular complexity index is 1490. The summed E-state index contributed by atoms with van der Waals surface area (Å²) in [6.07, 6.45) is 8.40. The lowest BCUT2D eigenvalue weighted by Gasteiger charge is -2.17. The number of amides is 2. The van der Waals surface area contributed by atoms with Crippen molar-refractivity contribution < 1.29 is 9.59 Å². The van der Waals surface area contributed by atoms with E-state index >= 15 is 0 Å². The Morgan fingerprint density at radius 2 is 1.05 bits per heavy atom. The van der Waals surface area contributed by atoms with E-state index in [1.165, 1.54) is 0 Å². The molecule has 0 fully saturated rings. The molecule has 4 aromatic heterocycles. The summed E-state index contributed by atoms with van der Waals surface area (Å²) >= 11 is 3.26. The first kappa shape index (κ1) is 28.5. The molecule has 2 amide bonds. The number of hydrogen-bond acceptors (Lipinski definition) is 6. The molecule has 6 heterocycles. The van der Waals surface area contributed by atoms with Crippen molar-refractivity contribution in [1.82, 2.24) is 9.97 Å². The first-order valence-corrected chi connectivity index (χ1v) is 16.9. The molecule has 42 heavy (non-hydrogen) atoms. The smallest absolute Gasteiger partial charge is 0.261 e. The zero-order valence-electron chi connectivity index (χ0n) is 24.3. The summed E-state index contributed by atoms with van der Waals surface area (Å²) in [5.74, 6) is 1.04. The largest absolute Gasteiger partial charge is 0.292 e. The van der Waals surface area contributed by atoms with Gasteiger partial charge in [0.15, 0.2) is 0 Å². The quantitative estimate of drug-likeness (QED) is 0.121. The number of unbranched alkanes of at least 4 members (excludes halogenated alkanes) is 6. The molecule has 4 aromatic rings. The van der Waals surface area contributed by atoms with Crippen LogP contribution < -0.4 is 9.80 Å². The summed E-state index contributed by atoms with van der Waals surface area (Å²) in [5.41, 5.74) is 4.08. The van der Waals surface area contributed by atoms with Gasteiger partial charge >= 0.3 is 0 Å². The van der Waals surface area contributed by atoms with E-state index in [1.54, 1.807) is 32.5 Å². The van der Waals surface area contributed by atoms with Crippen LogP contribution in [0.25, 0.3) is 32.3 Å². The number of nitrogens with zero attached hydrogens (tertiary/aromatic N) is 4. The predicted molar refractivity (Wildman–Crippen MR) is 175 cm³/mol. The standard InChI is InChI=1S/C34H36N4O2S2/c1-3-5-7-9-19-37-31-23(15-17-25(35-31)27-13-11-21-41-27)29(33(37)39)30-24-16-18-26(28-14-12-22-42-28)36-32(24)38(34(30)40)20-10-8-6-4-2/h11-18,21-22H,3-10,19-20H2,1-2H3/b30-29+. The average molecular weight is 597 g/mol. The third kappa shape index (κ3) is 5.34. The number of fused-ring (bicyclic) bond motifs is 2. The number of pyridine rings is 2. The Kier molecular flexibility index (Phi) is 8.63. The van der Waals surface area contributed by atoms with Gasteiger partial charge < -0.3 is 0 Å². The van der Waals surface area contributed by atoms with Crippen LogP contribution in [0, 0.1) is 0 Å². The molecule has 0 saturated carbocycles. The zero-order valence-corrected chi connectivity index (χ0v) is 25.9. The molecule has 0 saturated heterocycles. The highest BCUT2D eigenvalue weighted by Crippen LogP contribution is 2.47. The lowest BCUT2D eigenvalue weighted by atomic mass is 9.97. The SMILES string of the molecule is CCCCCCN1C(=O)/C(=C2/C(=O)N(CCCCCC)c3nc(-c4cccs4)ccc32)c2ccc(-c3cccs3)nc21. The Morgan fingerprint density at radius 3 is 1.43 bits per heavy atom. The van der Waals surface area contributed by atoms with Crippen molar-refractivity contribution >= 4 is 57.3 Å². The average Bonchev–Trinajstić information content (AvgIpc) is 3.81. The van der Waals surface area contributed by atoms with Crippen LogP contribution in [0.1, 0.15) is 76.3 Å². The van der Waals surface area contributed by atoms with Gasteiger partial charge in [0.05, 0.1) is 32.3 Å². The van der Waals surface area contributed by atoms with Crippen molar-refractivity contribution in [2.24, 2.45) is 0 Å². The molecule has 0 N–H and O–H groups in total. The monoisotopic (exact) mass is 596 g/mol. The van der Waals surface area contributed by atoms with E-state index in [0.717, 1.165) is 83.6 Å². The highest BCUT2D eigenvalue weighted by atomic mass is 32.1. The third-order valence-corrected chi connectivity index (χ3v) is 9.77. The minimum atomic E-state index is -0.137. The van der Waals surface area contributed by atoms with Crippen LogP contribution in [0.3, 0.4) is 0 Å². The number of thiophene rings is 2. The fourth-order valence-corrected chi connectivity index (χ4v) is 7.20. The van der Waals surface area contributed by atoms with E-state index < -0.39 is 0 Å². The van der Waals surface area contributed by atoms with Gasteiger partial charge in [0.25, 0.3) is 11.8 Å². The van der Waals surface area contributed by atoms with E-state index in [2.05, 4.69) is 13.8 Å². The van der Waals surface area contributed by atoms with Crippen LogP contribution >= 0.6 is 22.7 Å². The maximum Gasteiger partial charge on any atom is 0.261 e. The summed E-state index contributed by atoms with van der Waals surface area (Å²) in [7, 11) is 0. The van der Waals surface area contributed by atoms with Crippen molar-refractivity contribution in [3.63, 3.8) is 0 Å². The predicted octanol–water partition coefficient (Wildman–Crippen LogP) is 8.70. The lowest BCUT2D eigenvalue weighted by molar-refractivity contribution is -0.114. The fraction of sp³-hybridized carbons (Fsp3) is 0.353. The first-order chi connectivity index (χ1) is 20.6. The molecule has 0 atom stereocenters. The van der Waals surface area contributed by atoms with E-state index in [9.17, 15) is 9.59 Å². The minimum Gasteiger partial charge on any atom is -0.292 e. The van der Waals surface area contributed by atoms with Gasteiger partial charge in [0.1, 0.15) is 11.6 Å². The molecule has 0 spiro atoms. The fourth-order valence-electron chi connectivity index (χ4n) is 5.81. The maximum atomic E-state index is 14.3.